The first kappa shape index (κ1) is 12.8. The van der Waals surface area contributed by atoms with Gasteiger partial charge in [-0.3, -0.25) is 0 Å². The molecule has 2 aliphatic rings. The van der Waals surface area contributed by atoms with Crippen LogP contribution in [0.5, 0.6) is 0 Å². The van der Waals surface area contributed by atoms with E-state index in [4.69, 9.17) is 4.74 Å². The van der Waals surface area contributed by atoms with E-state index in [-0.39, 0.29) is 11.7 Å². The second-order valence-electron chi connectivity index (χ2n) is 6.27. The molecular formula is C17H20O2S. The smallest absolute Gasteiger partial charge is 0.0912 e. The highest BCUT2D eigenvalue weighted by atomic mass is 32.1. The number of hydrogen-bond acceptors (Lipinski definition) is 3. The van der Waals surface area contributed by atoms with Gasteiger partial charge >= 0.3 is 0 Å². The molecule has 0 bridgehead atoms. The van der Waals surface area contributed by atoms with Gasteiger partial charge in [0.2, 0.25) is 0 Å². The van der Waals surface area contributed by atoms with Gasteiger partial charge in [-0.1, -0.05) is 18.2 Å². The number of aliphatic hydroxyl groups excluding tert-OH is 1. The van der Waals surface area contributed by atoms with Crippen LogP contribution in [-0.4, -0.2) is 17.3 Å². The van der Waals surface area contributed by atoms with Gasteiger partial charge in [-0.05, 0) is 55.5 Å². The number of fused-ring (bicyclic) bond motifs is 1. The zero-order valence-electron chi connectivity index (χ0n) is 11.5. The number of rotatable bonds is 2. The summed E-state index contributed by atoms with van der Waals surface area (Å²) in [4.78, 5) is 1.12. The van der Waals surface area contributed by atoms with Crippen molar-refractivity contribution < 1.29 is 9.84 Å². The van der Waals surface area contributed by atoms with Gasteiger partial charge in [-0.15, -0.1) is 11.3 Å². The minimum Gasteiger partial charge on any atom is -0.387 e. The molecule has 1 aromatic carbocycles. The van der Waals surface area contributed by atoms with Crippen LogP contribution in [0.4, 0.5) is 0 Å². The van der Waals surface area contributed by atoms with Crippen molar-refractivity contribution >= 4 is 21.4 Å². The van der Waals surface area contributed by atoms with Gasteiger partial charge in [0.05, 0.1) is 11.7 Å². The fraction of sp³-hybridized carbons (Fsp3) is 0.529. The average molecular weight is 288 g/mol. The molecule has 2 atom stereocenters. The molecule has 20 heavy (non-hydrogen) atoms. The molecule has 4 rings (SSSR count). The highest BCUT2D eigenvalue weighted by Gasteiger charge is 2.44. The summed E-state index contributed by atoms with van der Waals surface area (Å²) >= 11 is 1.73. The molecule has 0 radical (unpaired) electrons. The molecule has 2 heterocycles. The molecule has 1 spiro atoms. The third kappa shape index (κ3) is 2.09. The summed E-state index contributed by atoms with van der Waals surface area (Å²) in [5, 5.41) is 12.0. The SMILES string of the molecule is OC(c1cc2ccccc2s1)C1CCOC2(CCC2)C1. The second kappa shape index (κ2) is 4.83. The van der Waals surface area contributed by atoms with E-state index in [9.17, 15) is 5.11 Å². The topological polar surface area (TPSA) is 29.5 Å². The lowest BCUT2D eigenvalue weighted by molar-refractivity contribution is -0.157. The standard InChI is InChI=1S/C17H20O2S/c18-16(13-6-9-19-17(11-13)7-3-8-17)15-10-12-4-1-2-5-14(12)20-15/h1-2,4-5,10,13,16,18H,3,6-9,11H2. The Kier molecular flexibility index (Phi) is 3.09. The lowest BCUT2D eigenvalue weighted by atomic mass is 9.70. The molecule has 0 amide bonds. The molecule has 1 aliphatic carbocycles. The second-order valence-corrected chi connectivity index (χ2v) is 7.38. The first-order valence-electron chi connectivity index (χ1n) is 7.56. The minimum atomic E-state index is -0.325. The number of ether oxygens (including phenoxy) is 1. The van der Waals surface area contributed by atoms with E-state index in [2.05, 4.69) is 30.3 Å². The van der Waals surface area contributed by atoms with Crippen LogP contribution >= 0.6 is 11.3 Å². The summed E-state index contributed by atoms with van der Waals surface area (Å²) in [5.74, 6) is 0.358. The Morgan fingerprint density at radius 1 is 1.30 bits per heavy atom. The van der Waals surface area contributed by atoms with Gasteiger partial charge in [0.25, 0.3) is 0 Å². The van der Waals surface area contributed by atoms with Crippen molar-refractivity contribution in [3.05, 3.63) is 35.2 Å². The first-order chi connectivity index (χ1) is 9.76. The molecule has 1 aromatic heterocycles. The van der Waals surface area contributed by atoms with E-state index in [1.165, 1.54) is 29.3 Å². The van der Waals surface area contributed by atoms with Crippen LogP contribution in [0.2, 0.25) is 0 Å². The molecule has 1 aliphatic heterocycles. The lowest BCUT2D eigenvalue weighted by Gasteiger charge is -2.48. The van der Waals surface area contributed by atoms with Crippen LogP contribution in [0.3, 0.4) is 0 Å². The summed E-state index contributed by atoms with van der Waals surface area (Å²) in [6, 6.07) is 10.5. The Morgan fingerprint density at radius 3 is 2.90 bits per heavy atom. The monoisotopic (exact) mass is 288 g/mol. The van der Waals surface area contributed by atoms with Crippen molar-refractivity contribution in [3.63, 3.8) is 0 Å². The minimum absolute atomic E-state index is 0.112. The number of thiophene rings is 1. The van der Waals surface area contributed by atoms with Gasteiger partial charge in [0.1, 0.15) is 0 Å². The highest BCUT2D eigenvalue weighted by molar-refractivity contribution is 7.19. The molecule has 1 N–H and O–H groups in total. The summed E-state index contributed by atoms with van der Waals surface area (Å²) in [6.07, 6.45) is 5.34. The van der Waals surface area contributed by atoms with Crippen LogP contribution in [0.1, 0.15) is 43.1 Å². The quantitative estimate of drug-likeness (QED) is 0.893. The Labute approximate surface area is 123 Å². The highest BCUT2D eigenvalue weighted by Crippen LogP contribution is 2.48. The van der Waals surface area contributed by atoms with E-state index in [1.54, 1.807) is 11.3 Å². The van der Waals surface area contributed by atoms with Crippen LogP contribution in [0, 0.1) is 5.92 Å². The predicted molar refractivity (Wildman–Crippen MR) is 82.0 cm³/mol. The van der Waals surface area contributed by atoms with Gasteiger partial charge in [-0.25, -0.2) is 0 Å². The summed E-state index contributed by atoms with van der Waals surface area (Å²) in [6.45, 7) is 0.812. The van der Waals surface area contributed by atoms with Crippen molar-refractivity contribution in [2.24, 2.45) is 5.92 Å². The van der Waals surface area contributed by atoms with E-state index >= 15 is 0 Å². The lowest BCUT2D eigenvalue weighted by Crippen LogP contribution is -2.46. The molecule has 106 valence electrons. The number of benzene rings is 1. The van der Waals surface area contributed by atoms with E-state index in [0.29, 0.717) is 5.92 Å². The molecular weight excluding hydrogens is 268 g/mol. The van der Waals surface area contributed by atoms with Crippen molar-refractivity contribution in [2.75, 3.05) is 6.61 Å². The Morgan fingerprint density at radius 2 is 2.15 bits per heavy atom. The summed E-state index contributed by atoms with van der Waals surface area (Å²) in [5.41, 5.74) is 0.112. The summed E-state index contributed by atoms with van der Waals surface area (Å²) in [7, 11) is 0. The zero-order valence-corrected chi connectivity index (χ0v) is 12.4. The third-order valence-electron chi connectivity index (χ3n) is 4.98. The first-order valence-corrected chi connectivity index (χ1v) is 8.38. The molecule has 3 heteroatoms. The maximum Gasteiger partial charge on any atom is 0.0912 e. The number of hydrogen-bond donors (Lipinski definition) is 1. The fourth-order valence-corrected chi connectivity index (χ4v) is 4.78. The average Bonchev–Trinajstić information content (AvgIpc) is 2.89. The fourth-order valence-electron chi connectivity index (χ4n) is 3.64. The maximum absolute atomic E-state index is 10.8. The van der Waals surface area contributed by atoms with Gasteiger partial charge in [0, 0.05) is 16.2 Å². The number of aliphatic hydroxyl groups is 1. The Balaban J connectivity index is 1.58. The molecule has 2 aromatic rings. The molecule has 1 saturated carbocycles. The normalized spacial score (nSPS) is 26.6. The van der Waals surface area contributed by atoms with Crippen LogP contribution in [-0.2, 0) is 4.74 Å². The van der Waals surface area contributed by atoms with Crippen molar-refractivity contribution in [3.8, 4) is 0 Å². The van der Waals surface area contributed by atoms with Crippen molar-refractivity contribution in [1.82, 2.24) is 0 Å². The van der Waals surface area contributed by atoms with E-state index < -0.39 is 0 Å². The molecule has 2 nitrogen and oxygen atoms in total. The van der Waals surface area contributed by atoms with E-state index in [0.717, 1.165) is 24.3 Å². The third-order valence-corrected chi connectivity index (χ3v) is 6.17. The molecule has 2 unspecified atom stereocenters. The Hall–Kier alpha value is -0.900. The van der Waals surface area contributed by atoms with Crippen molar-refractivity contribution in [2.45, 2.75) is 43.8 Å². The Bertz CT molecular complexity index is 581. The van der Waals surface area contributed by atoms with Gasteiger partial charge in [-0.2, -0.15) is 0 Å². The van der Waals surface area contributed by atoms with Crippen LogP contribution in [0.25, 0.3) is 10.1 Å². The van der Waals surface area contributed by atoms with Crippen LogP contribution in [0.15, 0.2) is 30.3 Å². The van der Waals surface area contributed by atoms with Crippen LogP contribution < -0.4 is 0 Å². The largest absolute Gasteiger partial charge is 0.387 e. The summed E-state index contributed by atoms with van der Waals surface area (Å²) < 4.78 is 7.24. The van der Waals surface area contributed by atoms with Gasteiger partial charge < -0.3 is 9.84 Å². The molecule has 1 saturated heterocycles. The van der Waals surface area contributed by atoms with E-state index in [1.807, 2.05) is 0 Å². The zero-order chi connectivity index (χ0) is 13.6. The van der Waals surface area contributed by atoms with Crippen molar-refractivity contribution in [1.29, 1.82) is 0 Å². The maximum atomic E-state index is 10.8. The molecule has 2 fully saturated rings. The van der Waals surface area contributed by atoms with Gasteiger partial charge in [0.15, 0.2) is 0 Å². The predicted octanol–water partition coefficient (Wildman–Crippen LogP) is 4.28.